The van der Waals surface area contributed by atoms with Gasteiger partial charge in [0.2, 0.25) is 0 Å². The number of para-hydroxylation sites is 1. The maximum absolute atomic E-state index is 11.4. The number of imidazole rings is 1. The van der Waals surface area contributed by atoms with Gasteiger partial charge < -0.3 is 20.6 Å². The molecular weight excluding hydrogens is 294 g/mol. The van der Waals surface area contributed by atoms with Gasteiger partial charge in [0.05, 0.1) is 5.69 Å². The number of hydrogen-bond donors (Lipinski definition) is 3. The number of nitrogens with one attached hydrogen (secondary N) is 2. The van der Waals surface area contributed by atoms with Crippen LogP contribution in [0, 0.1) is 6.92 Å². The van der Waals surface area contributed by atoms with Crippen molar-refractivity contribution in [1.29, 1.82) is 0 Å². The number of nitrogens with zero attached hydrogens (tertiary/aromatic N) is 2. The molecule has 0 saturated carbocycles. The second-order valence-corrected chi connectivity index (χ2v) is 5.85. The number of piperazine rings is 1. The van der Waals surface area contributed by atoms with Gasteiger partial charge in [-0.25, -0.2) is 4.79 Å². The number of aromatic amines is 2. The molecular formula is C16H21N5O2. The molecule has 4 N–H and O–H groups in total. The number of aryl methyl sites for hydroxylation is 1. The van der Waals surface area contributed by atoms with Crippen LogP contribution in [0.3, 0.4) is 0 Å². The number of amides is 1. The Kier molecular flexibility index (Phi) is 4.20. The van der Waals surface area contributed by atoms with E-state index in [4.69, 9.17) is 5.73 Å². The van der Waals surface area contributed by atoms with Crippen molar-refractivity contribution in [3.05, 3.63) is 51.7 Å². The molecule has 2 aromatic rings. The number of hydrogen-bond acceptors (Lipinski definition) is 4. The second kappa shape index (κ2) is 6.29. The van der Waals surface area contributed by atoms with Crippen molar-refractivity contribution in [1.82, 2.24) is 14.9 Å². The molecule has 0 bridgehead atoms. The van der Waals surface area contributed by atoms with Crippen molar-refractivity contribution in [2.75, 3.05) is 31.1 Å². The van der Waals surface area contributed by atoms with E-state index in [2.05, 4.69) is 44.9 Å². The lowest BCUT2D eigenvalue weighted by atomic mass is 10.1. The van der Waals surface area contributed by atoms with Gasteiger partial charge >= 0.3 is 5.69 Å². The zero-order valence-corrected chi connectivity index (χ0v) is 13.1. The summed E-state index contributed by atoms with van der Waals surface area (Å²) in [5.41, 5.74) is 8.17. The van der Waals surface area contributed by atoms with Crippen LogP contribution in [0.25, 0.3) is 0 Å². The number of rotatable bonds is 4. The summed E-state index contributed by atoms with van der Waals surface area (Å²) in [7, 11) is 0. The number of anilines is 1. The highest BCUT2D eigenvalue weighted by Crippen LogP contribution is 2.21. The van der Waals surface area contributed by atoms with E-state index in [1.807, 2.05) is 6.07 Å². The van der Waals surface area contributed by atoms with E-state index in [0.717, 1.165) is 26.2 Å². The zero-order chi connectivity index (χ0) is 16.4. The van der Waals surface area contributed by atoms with Crippen LogP contribution in [0.2, 0.25) is 0 Å². The molecule has 0 unspecified atom stereocenters. The lowest BCUT2D eigenvalue weighted by Crippen LogP contribution is -2.46. The van der Waals surface area contributed by atoms with Gasteiger partial charge in [0.15, 0.2) is 0 Å². The summed E-state index contributed by atoms with van der Waals surface area (Å²) < 4.78 is 0. The molecule has 1 amide bonds. The summed E-state index contributed by atoms with van der Waals surface area (Å²) in [6, 6.07) is 8.35. The van der Waals surface area contributed by atoms with E-state index >= 15 is 0 Å². The topological polar surface area (TPSA) is 98.2 Å². The van der Waals surface area contributed by atoms with Crippen molar-refractivity contribution < 1.29 is 4.79 Å². The minimum absolute atomic E-state index is 0.177. The van der Waals surface area contributed by atoms with Crippen LogP contribution in [0.4, 0.5) is 5.69 Å². The first-order chi connectivity index (χ1) is 11.0. The number of carbonyl (C=O) groups is 1. The Morgan fingerprint density at radius 1 is 1.17 bits per heavy atom. The van der Waals surface area contributed by atoms with Crippen LogP contribution in [-0.2, 0) is 6.54 Å². The van der Waals surface area contributed by atoms with Crippen molar-refractivity contribution in [3.63, 3.8) is 0 Å². The standard InChI is InChI=1S/C16H21N5O2/c1-11-4-2-3-5-13(11)21-8-6-20(7-9-21)10-12-14(15(17)22)19-16(23)18-12/h2-5H,6-10H2,1H3,(H2,17,22)(H2,18,19,23). The molecule has 7 nitrogen and oxygen atoms in total. The average molecular weight is 315 g/mol. The third-order valence-electron chi connectivity index (χ3n) is 4.26. The highest BCUT2D eigenvalue weighted by Gasteiger charge is 2.21. The Morgan fingerprint density at radius 3 is 2.52 bits per heavy atom. The maximum atomic E-state index is 11.4. The first kappa shape index (κ1) is 15.4. The van der Waals surface area contributed by atoms with Crippen molar-refractivity contribution >= 4 is 11.6 Å². The van der Waals surface area contributed by atoms with Crippen molar-refractivity contribution in [2.24, 2.45) is 5.73 Å². The minimum Gasteiger partial charge on any atom is -0.369 e. The van der Waals surface area contributed by atoms with Crippen LogP contribution < -0.4 is 16.3 Å². The fraction of sp³-hybridized carbons (Fsp3) is 0.375. The number of nitrogens with two attached hydrogens (primary N) is 1. The van der Waals surface area contributed by atoms with Crippen molar-refractivity contribution in [3.8, 4) is 0 Å². The first-order valence-electron chi connectivity index (χ1n) is 7.68. The summed E-state index contributed by atoms with van der Waals surface area (Å²) in [5.74, 6) is -0.614. The lowest BCUT2D eigenvalue weighted by molar-refractivity contribution is 0.0993. The first-order valence-corrected chi connectivity index (χ1v) is 7.68. The van der Waals surface area contributed by atoms with Gasteiger partial charge in [-0.1, -0.05) is 18.2 Å². The molecule has 1 aromatic carbocycles. The normalized spacial score (nSPS) is 15.8. The summed E-state index contributed by atoms with van der Waals surface area (Å²) in [6.45, 7) is 6.17. The molecule has 2 heterocycles. The average Bonchev–Trinajstić information content (AvgIpc) is 2.90. The molecule has 0 spiro atoms. The fourth-order valence-electron chi connectivity index (χ4n) is 3.04. The molecule has 1 aliphatic heterocycles. The van der Waals surface area contributed by atoms with Crippen LogP contribution in [-0.4, -0.2) is 47.0 Å². The molecule has 7 heteroatoms. The summed E-state index contributed by atoms with van der Waals surface area (Å²) in [5, 5.41) is 0. The van der Waals surface area contributed by atoms with E-state index in [1.54, 1.807) is 0 Å². The number of primary amides is 1. The van der Waals surface area contributed by atoms with Gasteiger partial charge in [-0.15, -0.1) is 0 Å². The maximum Gasteiger partial charge on any atom is 0.323 e. The van der Waals surface area contributed by atoms with Gasteiger partial charge in [0.1, 0.15) is 5.69 Å². The Labute approximate surface area is 134 Å². The molecule has 23 heavy (non-hydrogen) atoms. The van der Waals surface area contributed by atoms with E-state index < -0.39 is 11.6 Å². The third-order valence-corrected chi connectivity index (χ3v) is 4.26. The van der Waals surface area contributed by atoms with E-state index in [-0.39, 0.29) is 5.69 Å². The van der Waals surface area contributed by atoms with E-state index in [0.29, 0.717) is 12.2 Å². The molecule has 0 atom stereocenters. The van der Waals surface area contributed by atoms with E-state index in [9.17, 15) is 9.59 Å². The second-order valence-electron chi connectivity index (χ2n) is 5.85. The van der Waals surface area contributed by atoms with Gasteiger partial charge in [-0.2, -0.15) is 0 Å². The monoisotopic (exact) mass is 315 g/mol. The number of H-pyrrole nitrogens is 2. The Bertz CT molecular complexity index is 756. The van der Waals surface area contributed by atoms with Crippen LogP contribution >= 0.6 is 0 Å². The molecule has 122 valence electrons. The summed E-state index contributed by atoms with van der Waals surface area (Å²) in [4.78, 5) is 32.4. The number of aromatic nitrogens is 2. The van der Waals surface area contributed by atoms with Gasteiger partial charge in [-0.05, 0) is 18.6 Å². The Morgan fingerprint density at radius 2 is 1.87 bits per heavy atom. The lowest BCUT2D eigenvalue weighted by Gasteiger charge is -2.36. The van der Waals surface area contributed by atoms with Crippen molar-refractivity contribution in [2.45, 2.75) is 13.5 Å². The molecule has 1 saturated heterocycles. The predicted octanol–water partition coefficient (Wildman–Crippen LogP) is 0.433. The van der Waals surface area contributed by atoms with Crippen LogP contribution in [0.15, 0.2) is 29.1 Å². The van der Waals surface area contributed by atoms with Gasteiger partial charge in [0, 0.05) is 38.4 Å². The number of benzene rings is 1. The van der Waals surface area contributed by atoms with Gasteiger partial charge in [0.25, 0.3) is 5.91 Å². The number of carbonyl (C=O) groups excluding carboxylic acids is 1. The Balaban J connectivity index is 1.65. The smallest absolute Gasteiger partial charge is 0.323 e. The largest absolute Gasteiger partial charge is 0.369 e. The van der Waals surface area contributed by atoms with Crippen LogP contribution in [0.1, 0.15) is 21.7 Å². The molecule has 1 aliphatic rings. The summed E-state index contributed by atoms with van der Waals surface area (Å²) >= 11 is 0. The van der Waals surface area contributed by atoms with Crippen LogP contribution in [0.5, 0.6) is 0 Å². The SMILES string of the molecule is Cc1ccccc1N1CCN(Cc2[nH]c(=O)[nH]c2C(N)=O)CC1. The molecule has 0 radical (unpaired) electrons. The fourth-order valence-corrected chi connectivity index (χ4v) is 3.04. The highest BCUT2D eigenvalue weighted by atomic mass is 16.2. The quantitative estimate of drug-likeness (QED) is 0.762. The van der Waals surface area contributed by atoms with Gasteiger partial charge in [-0.3, -0.25) is 9.69 Å². The van der Waals surface area contributed by atoms with E-state index in [1.165, 1.54) is 11.3 Å². The zero-order valence-electron chi connectivity index (χ0n) is 13.1. The molecule has 1 fully saturated rings. The molecule has 0 aliphatic carbocycles. The highest BCUT2D eigenvalue weighted by molar-refractivity contribution is 5.91. The predicted molar refractivity (Wildman–Crippen MR) is 88.6 cm³/mol. The molecule has 3 rings (SSSR count). The third kappa shape index (κ3) is 3.29. The minimum atomic E-state index is -0.614. The molecule has 1 aromatic heterocycles. The Hall–Kier alpha value is -2.54. The summed E-state index contributed by atoms with van der Waals surface area (Å²) in [6.07, 6.45) is 0.